The Kier molecular flexibility index (Phi) is 8.34. The first-order chi connectivity index (χ1) is 16.9. The quantitative estimate of drug-likeness (QED) is 0.438. The normalized spacial score (nSPS) is 20.2. The average molecular weight is 462 g/mol. The third-order valence-electron chi connectivity index (χ3n) is 7.00. The van der Waals surface area contributed by atoms with Gasteiger partial charge in [0.2, 0.25) is 0 Å². The van der Waals surface area contributed by atoms with Crippen LogP contribution in [0.15, 0.2) is 42.5 Å². The van der Waals surface area contributed by atoms with E-state index in [0.717, 1.165) is 103 Å². The third kappa shape index (κ3) is 6.10. The number of hydrogen-bond donors (Lipinski definition) is 4. The molecule has 2 aliphatic heterocycles. The number of fused-ring (bicyclic) bond motifs is 2. The number of benzene rings is 2. The highest BCUT2D eigenvalue weighted by Crippen LogP contribution is 2.26. The van der Waals surface area contributed by atoms with Crippen LogP contribution < -0.4 is 21.3 Å². The molecular formula is C27H39N7. The number of pyridine rings is 1. The molecule has 2 saturated heterocycles. The van der Waals surface area contributed by atoms with E-state index in [1.165, 1.54) is 21.9 Å². The monoisotopic (exact) mass is 461 g/mol. The summed E-state index contributed by atoms with van der Waals surface area (Å²) in [5, 5.41) is 16.6. The van der Waals surface area contributed by atoms with Crippen LogP contribution in [0.4, 0.5) is 0 Å². The van der Waals surface area contributed by atoms with Crippen molar-refractivity contribution in [3.63, 3.8) is 0 Å². The summed E-state index contributed by atoms with van der Waals surface area (Å²) in [5.74, 6) is 0. The van der Waals surface area contributed by atoms with Crippen LogP contribution in [-0.2, 0) is 13.1 Å². The first-order valence-corrected chi connectivity index (χ1v) is 12.9. The molecule has 182 valence electrons. The Bertz CT molecular complexity index is 968. The van der Waals surface area contributed by atoms with Gasteiger partial charge in [0.1, 0.15) is 0 Å². The molecular weight excluding hydrogens is 422 g/mol. The number of nitrogens with zero attached hydrogens (tertiary/aromatic N) is 3. The molecule has 2 aromatic carbocycles. The van der Waals surface area contributed by atoms with Crippen LogP contribution in [0.3, 0.4) is 0 Å². The van der Waals surface area contributed by atoms with Crippen molar-refractivity contribution in [1.82, 2.24) is 36.1 Å². The Morgan fingerprint density at radius 3 is 1.38 bits per heavy atom. The summed E-state index contributed by atoms with van der Waals surface area (Å²) in [5.41, 5.74) is 4.95. The molecule has 3 heterocycles. The van der Waals surface area contributed by atoms with Crippen molar-refractivity contribution in [2.45, 2.75) is 13.1 Å². The largest absolute Gasteiger partial charge is 0.314 e. The lowest BCUT2D eigenvalue weighted by Gasteiger charge is -2.23. The number of hydrogen-bond acceptors (Lipinski definition) is 7. The van der Waals surface area contributed by atoms with Crippen molar-refractivity contribution >= 4 is 21.8 Å². The average Bonchev–Trinajstić information content (AvgIpc) is 3.07. The lowest BCUT2D eigenvalue weighted by molar-refractivity contribution is 0.273. The van der Waals surface area contributed by atoms with Crippen LogP contribution in [0, 0.1) is 0 Å². The molecule has 0 aliphatic carbocycles. The number of para-hydroxylation sites is 2. The van der Waals surface area contributed by atoms with Crippen molar-refractivity contribution in [3.8, 4) is 0 Å². The minimum atomic E-state index is 0.935. The van der Waals surface area contributed by atoms with E-state index in [0.29, 0.717) is 0 Å². The van der Waals surface area contributed by atoms with E-state index in [1.807, 2.05) is 0 Å². The molecule has 1 aromatic heterocycles. The summed E-state index contributed by atoms with van der Waals surface area (Å²) >= 11 is 0. The zero-order valence-corrected chi connectivity index (χ0v) is 20.3. The van der Waals surface area contributed by atoms with E-state index in [1.54, 1.807) is 0 Å². The number of nitrogens with one attached hydrogen (secondary N) is 4. The molecule has 5 rings (SSSR count). The Morgan fingerprint density at radius 1 is 0.559 bits per heavy atom. The summed E-state index contributed by atoms with van der Waals surface area (Å²) in [6.45, 7) is 14.4. The zero-order valence-electron chi connectivity index (χ0n) is 20.3. The first kappa shape index (κ1) is 23.6. The second-order valence-corrected chi connectivity index (χ2v) is 9.52. The van der Waals surface area contributed by atoms with Gasteiger partial charge in [-0.1, -0.05) is 36.4 Å². The smallest absolute Gasteiger partial charge is 0.0754 e. The van der Waals surface area contributed by atoms with Gasteiger partial charge in [0.15, 0.2) is 0 Å². The SMILES string of the molecule is c1cc(CN2CCNCCNCC2)c2nc3c(CN4CCNCCNCC4)cccc3cc2c1. The highest BCUT2D eigenvalue weighted by Gasteiger charge is 2.14. The third-order valence-corrected chi connectivity index (χ3v) is 7.00. The van der Waals surface area contributed by atoms with Gasteiger partial charge in [-0.15, -0.1) is 0 Å². The van der Waals surface area contributed by atoms with Crippen LogP contribution in [0.25, 0.3) is 21.8 Å². The Balaban J connectivity index is 1.43. The van der Waals surface area contributed by atoms with Gasteiger partial charge in [-0.2, -0.15) is 0 Å². The van der Waals surface area contributed by atoms with Gasteiger partial charge >= 0.3 is 0 Å². The molecule has 34 heavy (non-hydrogen) atoms. The molecule has 0 saturated carbocycles. The van der Waals surface area contributed by atoms with Crippen LogP contribution in [-0.4, -0.2) is 93.3 Å². The molecule has 0 amide bonds. The maximum absolute atomic E-state index is 5.31. The molecule has 4 N–H and O–H groups in total. The highest BCUT2D eigenvalue weighted by molar-refractivity contribution is 5.95. The van der Waals surface area contributed by atoms with Crippen molar-refractivity contribution in [2.75, 3.05) is 78.5 Å². The fourth-order valence-electron chi connectivity index (χ4n) is 5.09. The zero-order chi connectivity index (χ0) is 23.0. The van der Waals surface area contributed by atoms with Crippen molar-refractivity contribution < 1.29 is 0 Å². The molecule has 0 unspecified atom stereocenters. The Hall–Kier alpha value is -2.13. The molecule has 2 fully saturated rings. The molecule has 0 atom stereocenters. The lowest BCUT2D eigenvalue weighted by Crippen LogP contribution is -2.33. The summed E-state index contributed by atoms with van der Waals surface area (Å²) in [6, 6.07) is 15.6. The van der Waals surface area contributed by atoms with E-state index >= 15 is 0 Å². The van der Waals surface area contributed by atoms with E-state index in [4.69, 9.17) is 4.98 Å². The van der Waals surface area contributed by atoms with E-state index in [2.05, 4.69) is 73.5 Å². The highest BCUT2D eigenvalue weighted by atomic mass is 15.2. The molecule has 0 spiro atoms. The second-order valence-electron chi connectivity index (χ2n) is 9.52. The molecule has 7 heteroatoms. The van der Waals surface area contributed by atoms with Crippen molar-refractivity contribution in [2.24, 2.45) is 0 Å². The van der Waals surface area contributed by atoms with Crippen molar-refractivity contribution in [1.29, 1.82) is 0 Å². The fraction of sp³-hybridized carbons (Fsp3) is 0.519. The minimum Gasteiger partial charge on any atom is -0.314 e. The summed E-state index contributed by atoms with van der Waals surface area (Å²) < 4.78 is 0. The van der Waals surface area contributed by atoms with Gasteiger partial charge in [-0.3, -0.25) is 9.80 Å². The summed E-state index contributed by atoms with van der Waals surface area (Å²) in [7, 11) is 0. The van der Waals surface area contributed by atoms with Crippen LogP contribution in [0.5, 0.6) is 0 Å². The van der Waals surface area contributed by atoms with Crippen LogP contribution in [0.1, 0.15) is 11.1 Å². The van der Waals surface area contributed by atoms with Gasteiger partial charge in [-0.05, 0) is 17.2 Å². The van der Waals surface area contributed by atoms with E-state index in [-0.39, 0.29) is 0 Å². The first-order valence-electron chi connectivity index (χ1n) is 12.9. The number of rotatable bonds is 4. The summed E-state index contributed by atoms with van der Waals surface area (Å²) in [6.07, 6.45) is 0. The molecule has 2 aliphatic rings. The molecule has 0 bridgehead atoms. The predicted molar refractivity (Wildman–Crippen MR) is 141 cm³/mol. The minimum absolute atomic E-state index is 0.935. The molecule has 7 nitrogen and oxygen atoms in total. The Morgan fingerprint density at radius 2 is 0.971 bits per heavy atom. The van der Waals surface area contributed by atoms with E-state index in [9.17, 15) is 0 Å². The van der Waals surface area contributed by atoms with Gasteiger partial charge in [-0.25, -0.2) is 4.98 Å². The fourth-order valence-corrected chi connectivity index (χ4v) is 5.09. The standard InChI is InChI=1S/C27H39N7/c1-3-22-19-23-4-2-6-25(21-34-17-13-30-9-10-31-14-18-34)27(23)32-26(22)24(5-1)20-33-15-11-28-7-8-29-12-16-33/h1-6,19,28-31H,7-18,20-21H2. The van der Waals surface area contributed by atoms with Crippen LogP contribution >= 0.6 is 0 Å². The van der Waals surface area contributed by atoms with Gasteiger partial charge < -0.3 is 21.3 Å². The molecule has 3 aromatic rings. The van der Waals surface area contributed by atoms with Gasteiger partial charge in [0.25, 0.3) is 0 Å². The molecule has 0 radical (unpaired) electrons. The van der Waals surface area contributed by atoms with Crippen LogP contribution in [0.2, 0.25) is 0 Å². The predicted octanol–water partition coefficient (Wildman–Crippen LogP) is 1.38. The van der Waals surface area contributed by atoms with Crippen molar-refractivity contribution in [3.05, 3.63) is 53.6 Å². The second kappa shape index (κ2) is 12.0. The topological polar surface area (TPSA) is 67.5 Å². The lowest BCUT2D eigenvalue weighted by atomic mass is 10.0. The maximum Gasteiger partial charge on any atom is 0.0754 e. The van der Waals surface area contributed by atoms with E-state index < -0.39 is 0 Å². The van der Waals surface area contributed by atoms with Gasteiger partial charge in [0, 0.05) is 102 Å². The maximum atomic E-state index is 5.31. The van der Waals surface area contributed by atoms with Gasteiger partial charge in [0.05, 0.1) is 11.0 Å². The Labute approximate surface area is 203 Å². The summed E-state index contributed by atoms with van der Waals surface area (Å²) in [4.78, 5) is 10.4. The number of aromatic nitrogens is 1.